The first-order chi connectivity index (χ1) is 7.20. The maximum absolute atomic E-state index is 13.6. The third kappa shape index (κ3) is 2.68. The van der Waals surface area contributed by atoms with Crippen molar-refractivity contribution in [2.75, 3.05) is 0 Å². The third-order valence-corrected chi connectivity index (χ3v) is 3.57. The van der Waals surface area contributed by atoms with Crippen molar-refractivity contribution in [1.82, 2.24) is 0 Å². The molecule has 1 aromatic carbocycles. The topological polar surface area (TPSA) is 26.0 Å². The summed E-state index contributed by atoms with van der Waals surface area (Å²) < 4.78 is 13.6. The number of halogens is 3. The van der Waals surface area contributed by atoms with Crippen LogP contribution in [-0.2, 0) is 0 Å². The number of nitrogens with two attached hydrogens (primary N) is 1. The Labute approximate surface area is 107 Å². The predicted octanol–water partition coefficient (Wildman–Crippen LogP) is 4.09. The molecule has 0 aromatic heterocycles. The van der Waals surface area contributed by atoms with E-state index in [1.165, 1.54) is 18.9 Å². The van der Waals surface area contributed by atoms with Crippen molar-refractivity contribution in [3.05, 3.63) is 34.6 Å². The van der Waals surface area contributed by atoms with Crippen LogP contribution in [0.15, 0.2) is 18.2 Å². The lowest BCUT2D eigenvalue weighted by Gasteiger charge is -2.20. The Hall–Kier alpha value is -0.310. The Bertz CT molecular complexity index is 331. The molecule has 0 saturated heterocycles. The standard InChI is InChI=1S/C12H15ClFN.ClH/c13-9-6-3-7-10(14)11(9)12(15)8-4-1-2-5-8;/h3,6-8,12H,1-2,4-5,15H2;1H/t12-;/m1./s1. The smallest absolute Gasteiger partial charge is 0.129 e. The van der Waals surface area contributed by atoms with Gasteiger partial charge in [0.1, 0.15) is 5.82 Å². The van der Waals surface area contributed by atoms with E-state index in [9.17, 15) is 4.39 Å². The van der Waals surface area contributed by atoms with Crippen LogP contribution in [0.1, 0.15) is 37.3 Å². The molecule has 1 aliphatic carbocycles. The molecule has 90 valence electrons. The zero-order valence-electron chi connectivity index (χ0n) is 8.96. The van der Waals surface area contributed by atoms with E-state index in [-0.39, 0.29) is 24.3 Å². The molecule has 1 fully saturated rings. The number of rotatable bonds is 2. The zero-order chi connectivity index (χ0) is 10.8. The lowest BCUT2D eigenvalue weighted by atomic mass is 9.92. The Balaban J connectivity index is 0.00000128. The molecule has 1 saturated carbocycles. The maximum atomic E-state index is 13.6. The Morgan fingerprint density at radius 1 is 1.31 bits per heavy atom. The second kappa shape index (κ2) is 5.85. The minimum Gasteiger partial charge on any atom is -0.324 e. The van der Waals surface area contributed by atoms with Crippen molar-refractivity contribution < 1.29 is 4.39 Å². The Morgan fingerprint density at radius 3 is 2.50 bits per heavy atom. The third-order valence-electron chi connectivity index (χ3n) is 3.24. The highest BCUT2D eigenvalue weighted by atomic mass is 35.5. The first-order valence-electron chi connectivity index (χ1n) is 5.39. The van der Waals surface area contributed by atoms with Gasteiger partial charge in [0, 0.05) is 16.6 Å². The summed E-state index contributed by atoms with van der Waals surface area (Å²) in [5, 5.41) is 0.453. The van der Waals surface area contributed by atoms with Crippen LogP contribution in [0.4, 0.5) is 4.39 Å². The molecule has 1 aromatic rings. The molecule has 0 amide bonds. The monoisotopic (exact) mass is 263 g/mol. The summed E-state index contributed by atoms with van der Waals surface area (Å²) in [6.45, 7) is 0. The summed E-state index contributed by atoms with van der Waals surface area (Å²) >= 11 is 5.98. The highest BCUT2D eigenvalue weighted by Crippen LogP contribution is 2.37. The van der Waals surface area contributed by atoms with Crippen LogP contribution in [0.3, 0.4) is 0 Å². The van der Waals surface area contributed by atoms with E-state index in [1.54, 1.807) is 12.1 Å². The van der Waals surface area contributed by atoms with E-state index in [1.807, 2.05) is 0 Å². The Morgan fingerprint density at radius 2 is 1.94 bits per heavy atom. The largest absolute Gasteiger partial charge is 0.324 e. The van der Waals surface area contributed by atoms with Gasteiger partial charge in [0.25, 0.3) is 0 Å². The van der Waals surface area contributed by atoms with Gasteiger partial charge in [0.05, 0.1) is 0 Å². The van der Waals surface area contributed by atoms with Gasteiger partial charge in [-0.1, -0.05) is 30.5 Å². The van der Waals surface area contributed by atoms with Crippen LogP contribution in [0.2, 0.25) is 5.02 Å². The van der Waals surface area contributed by atoms with E-state index in [0.29, 0.717) is 16.5 Å². The first kappa shape index (κ1) is 13.8. The van der Waals surface area contributed by atoms with Gasteiger partial charge in [-0.05, 0) is 30.9 Å². The van der Waals surface area contributed by atoms with Gasteiger partial charge in [-0.15, -0.1) is 12.4 Å². The summed E-state index contributed by atoms with van der Waals surface area (Å²) in [6, 6.07) is 4.49. The van der Waals surface area contributed by atoms with Crippen molar-refractivity contribution >= 4 is 24.0 Å². The van der Waals surface area contributed by atoms with Gasteiger partial charge >= 0.3 is 0 Å². The SMILES string of the molecule is Cl.N[C@@H](c1c(F)cccc1Cl)C1CCCC1. The van der Waals surface area contributed by atoms with Crippen LogP contribution in [0.5, 0.6) is 0 Å². The summed E-state index contributed by atoms with van der Waals surface area (Å²) in [7, 11) is 0. The van der Waals surface area contributed by atoms with E-state index < -0.39 is 0 Å². The molecule has 0 spiro atoms. The molecule has 1 nitrogen and oxygen atoms in total. The average molecular weight is 264 g/mol. The van der Waals surface area contributed by atoms with Crippen molar-refractivity contribution in [3.8, 4) is 0 Å². The molecular formula is C12H16Cl2FN. The fourth-order valence-corrected chi connectivity index (χ4v) is 2.67. The van der Waals surface area contributed by atoms with E-state index >= 15 is 0 Å². The summed E-state index contributed by atoms with van der Waals surface area (Å²) in [5.41, 5.74) is 6.57. The van der Waals surface area contributed by atoms with Gasteiger partial charge in [0.2, 0.25) is 0 Å². The van der Waals surface area contributed by atoms with Gasteiger partial charge in [-0.3, -0.25) is 0 Å². The van der Waals surface area contributed by atoms with Crippen LogP contribution >= 0.6 is 24.0 Å². The summed E-state index contributed by atoms with van der Waals surface area (Å²) in [4.78, 5) is 0. The fraction of sp³-hybridized carbons (Fsp3) is 0.500. The molecule has 0 unspecified atom stereocenters. The second-order valence-corrected chi connectivity index (χ2v) is 4.61. The van der Waals surface area contributed by atoms with Crippen molar-refractivity contribution in [2.24, 2.45) is 11.7 Å². The van der Waals surface area contributed by atoms with Gasteiger partial charge in [0.15, 0.2) is 0 Å². The fourth-order valence-electron chi connectivity index (χ4n) is 2.38. The van der Waals surface area contributed by atoms with Gasteiger partial charge in [-0.25, -0.2) is 4.39 Å². The molecule has 1 aliphatic rings. The van der Waals surface area contributed by atoms with Crippen LogP contribution < -0.4 is 5.73 Å². The van der Waals surface area contributed by atoms with E-state index in [2.05, 4.69) is 0 Å². The minimum atomic E-state index is -0.276. The summed E-state index contributed by atoms with van der Waals surface area (Å²) in [6.07, 6.45) is 4.58. The van der Waals surface area contributed by atoms with E-state index in [0.717, 1.165) is 12.8 Å². The summed E-state index contributed by atoms with van der Waals surface area (Å²) in [5.74, 6) is 0.112. The lowest BCUT2D eigenvalue weighted by molar-refractivity contribution is 0.429. The molecule has 0 heterocycles. The van der Waals surface area contributed by atoms with Gasteiger partial charge < -0.3 is 5.73 Å². The maximum Gasteiger partial charge on any atom is 0.129 e. The van der Waals surface area contributed by atoms with Crippen molar-refractivity contribution in [2.45, 2.75) is 31.7 Å². The molecule has 0 bridgehead atoms. The average Bonchev–Trinajstić information content (AvgIpc) is 2.69. The van der Waals surface area contributed by atoms with E-state index in [4.69, 9.17) is 17.3 Å². The minimum absolute atomic E-state index is 0. The highest BCUT2D eigenvalue weighted by molar-refractivity contribution is 6.31. The second-order valence-electron chi connectivity index (χ2n) is 4.21. The predicted molar refractivity (Wildman–Crippen MR) is 67.5 cm³/mol. The first-order valence-corrected chi connectivity index (χ1v) is 5.77. The lowest BCUT2D eigenvalue weighted by Crippen LogP contribution is -2.20. The Kier molecular flexibility index (Phi) is 5.03. The zero-order valence-corrected chi connectivity index (χ0v) is 10.5. The molecule has 2 N–H and O–H groups in total. The number of benzene rings is 1. The highest BCUT2D eigenvalue weighted by Gasteiger charge is 2.26. The quantitative estimate of drug-likeness (QED) is 0.855. The number of hydrogen-bond acceptors (Lipinski definition) is 1. The molecular weight excluding hydrogens is 248 g/mol. The van der Waals surface area contributed by atoms with Crippen LogP contribution in [-0.4, -0.2) is 0 Å². The molecule has 2 rings (SSSR count). The number of hydrogen-bond donors (Lipinski definition) is 1. The normalized spacial score (nSPS) is 18.2. The molecule has 1 atom stereocenters. The van der Waals surface area contributed by atoms with Crippen molar-refractivity contribution in [1.29, 1.82) is 0 Å². The molecule has 0 radical (unpaired) electrons. The molecule has 4 heteroatoms. The molecule has 16 heavy (non-hydrogen) atoms. The van der Waals surface area contributed by atoms with Gasteiger partial charge in [-0.2, -0.15) is 0 Å². The van der Waals surface area contributed by atoms with Crippen LogP contribution in [0, 0.1) is 11.7 Å². The van der Waals surface area contributed by atoms with Crippen LogP contribution in [0.25, 0.3) is 0 Å². The molecule has 0 aliphatic heterocycles. The van der Waals surface area contributed by atoms with Crippen molar-refractivity contribution in [3.63, 3.8) is 0 Å².